The molecule has 8 N–H and O–H groups in total. The smallest absolute Gasteiger partial charge is 0.327 e. The van der Waals surface area contributed by atoms with Gasteiger partial charge in [0.05, 0.1) is 0 Å². The molecular weight excluding hydrogens is 394 g/mol. The normalized spacial score (nSPS) is 17.3. The van der Waals surface area contributed by atoms with Crippen LogP contribution in [-0.2, 0) is 24.0 Å². The first-order valence-corrected chi connectivity index (χ1v) is 10.2. The highest BCUT2D eigenvalue weighted by Gasteiger charge is 2.31. The number of primary amides is 1. The molecule has 1 rings (SSSR count). The maximum absolute atomic E-state index is 12.7. The number of amides is 4. The third-order valence-corrected chi connectivity index (χ3v) is 5.15. The van der Waals surface area contributed by atoms with Crippen molar-refractivity contribution in [3.05, 3.63) is 0 Å². The van der Waals surface area contributed by atoms with E-state index in [1.165, 1.54) is 6.92 Å². The van der Waals surface area contributed by atoms with Crippen molar-refractivity contribution >= 4 is 29.6 Å². The number of aliphatic carboxylic acids is 1. The summed E-state index contributed by atoms with van der Waals surface area (Å²) in [6.45, 7) is 0.938. The van der Waals surface area contributed by atoms with Crippen molar-refractivity contribution in [2.45, 2.75) is 76.4 Å². The van der Waals surface area contributed by atoms with Crippen molar-refractivity contribution in [1.29, 1.82) is 0 Å². The molecule has 30 heavy (non-hydrogen) atoms. The minimum atomic E-state index is -1.27. The Kier molecular flexibility index (Phi) is 10.8. The molecule has 0 spiro atoms. The Hall–Kier alpha value is -2.69. The zero-order valence-electron chi connectivity index (χ0n) is 17.3. The van der Waals surface area contributed by atoms with Crippen LogP contribution in [0.2, 0.25) is 0 Å². The highest BCUT2D eigenvalue weighted by atomic mass is 16.4. The number of carbonyl (C=O) groups excluding carboxylic acids is 4. The van der Waals surface area contributed by atoms with Crippen molar-refractivity contribution in [3.63, 3.8) is 0 Å². The number of carbonyl (C=O) groups is 5. The molecule has 0 radical (unpaired) electrons. The largest absolute Gasteiger partial charge is 0.480 e. The summed E-state index contributed by atoms with van der Waals surface area (Å²) >= 11 is 0. The molecule has 0 unspecified atom stereocenters. The first kappa shape index (κ1) is 25.3. The van der Waals surface area contributed by atoms with Crippen LogP contribution >= 0.6 is 0 Å². The molecule has 11 nitrogen and oxygen atoms in total. The molecule has 1 aliphatic carbocycles. The topological polar surface area (TPSA) is 194 Å². The Morgan fingerprint density at radius 2 is 1.50 bits per heavy atom. The molecule has 0 saturated heterocycles. The molecule has 1 aliphatic rings. The maximum atomic E-state index is 12.7. The van der Waals surface area contributed by atoms with E-state index in [9.17, 15) is 24.0 Å². The Morgan fingerprint density at radius 1 is 0.933 bits per heavy atom. The number of carboxylic acids is 1. The zero-order valence-corrected chi connectivity index (χ0v) is 17.3. The monoisotopic (exact) mass is 427 g/mol. The predicted octanol–water partition coefficient (Wildman–Crippen LogP) is -1.26. The number of nitrogens with one attached hydrogen (secondary N) is 3. The quantitative estimate of drug-likeness (QED) is 0.223. The van der Waals surface area contributed by atoms with E-state index in [0.29, 0.717) is 6.42 Å². The standard InChI is InChI=1S/C19H33N5O6/c1-11(25)22-13(7-8-16(21)26)17(27)23-14(9-12-5-3-2-4-6-12)18(28)24-15(10-20)19(29)30/h12-15H,2-10,20H2,1H3,(H2,21,26)(H,22,25)(H,23,27)(H,24,28)(H,29,30)/t13-,14-,15-/m0/s1. The molecule has 0 bridgehead atoms. The first-order valence-electron chi connectivity index (χ1n) is 10.2. The molecule has 3 atom stereocenters. The van der Waals surface area contributed by atoms with Gasteiger partial charge in [-0.2, -0.15) is 0 Å². The zero-order chi connectivity index (χ0) is 22.7. The molecule has 0 heterocycles. The van der Waals surface area contributed by atoms with Crippen LogP contribution in [0.5, 0.6) is 0 Å². The van der Waals surface area contributed by atoms with Crippen LogP contribution in [0.15, 0.2) is 0 Å². The third kappa shape index (κ3) is 9.21. The molecule has 170 valence electrons. The van der Waals surface area contributed by atoms with E-state index in [4.69, 9.17) is 16.6 Å². The Bertz CT molecular complexity index is 635. The van der Waals surface area contributed by atoms with Crippen molar-refractivity contribution in [2.24, 2.45) is 17.4 Å². The van der Waals surface area contributed by atoms with E-state index in [0.717, 1.165) is 32.1 Å². The molecule has 0 aromatic rings. The number of hydrogen-bond acceptors (Lipinski definition) is 6. The van der Waals surface area contributed by atoms with Crippen molar-refractivity contribution in [2.75, 3.05) is 6.54 Å². The van der Waals surface area contributed by atoms with Gasteiger partial charge in [0.15, 0.2) is 0 Å². The fourth-order valence-electron chi connectivity index (χ4n) is 3.55. The van der Waals surface area contributed by atoms with Crippen LogP contribution in [0.3, 0.4) is 0 Å². The van der Waals surface area contributed by atoms with Gasteiger partial charge in [0, 0.05) is 19.9 Å². The summed E-state index contributed by atoms with van der Waals surface area (Å²) < 4.78 is 0. The third-order valence-electron chi connectivity index (χ3n) is 5.15. The summed E-state index contributed by atoms with van der Waals surface area (Å²) in [5, 5.41) is 16.6. The van der Waals surface area contributed by atoms with Gasteiger partial charge in [-0.25, -0.2) is 4.79 Å². The van der Waals surface area contributed by atoms with Gasteiger partial charge in [0.1, 0.15) is 18.1 Å². The second-order valence-corrected chi connectivity index (χ2v) is 7.69. The summed E-state index contributed by atoms with van der Waals surface area (Å²) in [6, 6.07) is -3.30. The van der Waals surface area contributed by atoms with E-state index in [1.807, 2.05) is 0 Å². The van der Waals surface area contributed by atoms with Crippen LogP contribution in [0, 0.1) is 5.92 Å². The second kappa shape index (κ2) is 12.8. The van der Waals surface area contributed by atoms with Crippen LogP contribution in [0.25, 0.3) is 0 Å². The molecule has 1 fully saturated rings. The predicted molar refractivity (Wildman–Crippen MR) is 108 cm³/mol. The van der Waals surface area contributed by atoms with Gasteiger partial charge in [-0.15, -0.1) is 0 Å². The van der Waals surface area contributed by atoms with Crippen LogP contribution < -0.4 is 27.4 Å². The van der Waals surface area contributed by atoms with E-state index in [2.05, 4.69) is 16.0 Å². The molecule has 0 aromatic heterocycles. The second-order valence-electron chi connectivity index (χ2n) is 7.69. The Balaban J connectivity index is 2.92. The minimum Gasteiger partial charge on any atom is -0.480 e. The lowest BCUT2D eigenvalue weighted by Crippen LogP contribution is -2.57. The average molecular weight is 428 g/mol. The molecule has 11 heteroatoms. The number of carboxylic acid groups (broad SMARTS) is 1. The fourth-order valence-corrected chi connectivity index (χ4v) is 3.55. The molecule has 1 saturated carbocycles. The van der Waals surface area contributed by atoms with Gasteiger partial charge in [0.25, 0.3) is 0 Å². The summed E-state index contributed by atoms with van der Waals surface area (Å²) in [5.74, 6) is -3.44. The summed E-state index contributed by atoms with van der Waals surface area (Å²) in [7, 11) is 0. The van der Waals surface area contributed by atoms with E-state index >= 15 is 0 Å². The molecule has 0 aromatic carbocycles. The molecular formula is C19H33N5O6. The van der Waals surface area contributed by atoms with Crippen molar-refractivity contribution in [3.8, 4) is 0 Å². The minimum absolute atomic E-state index is 0.0148. The van der Waals surface area contributed by atoms with Crippen LogP contribution in [-0.4, -0.2) is 59.4 Å². The van der Waals surface area contributed by atoms with Gasteiger partial charge in [-0.3, -0.25) is 19.2 Å². The Morgan fingerprint density at radius 3 is 2.00 bits per heavy atom. The highest BCUT2D eigenvalue weighted by molar-refractivity contribution is 5.93. The number of nitrogens with two attached hydrogens (primary N) is 2. The van der Waals surface area contributed by atoms with Crippen molar-refractivity contribution < 1.29 is 29.1 Å². The van der Waals surface area contributed by atoms with Crippen LogP contribution in [0.4, 0.5) is 0 Å². The molecule has 0 aliphatic heterocycles. The van der Waals surface area contributed by atoms with Gasteiger partial charge in [-0.05, 0) is 18.8 Å². The number of hydrogen-bond donors (Lipinski definition) is 6. The lowest BCUT2D eigenvalue weighted by atomic mass is 9.84. The highest BCUT2D eigenvalue weighted by Crippen LogP contribution is 2.27. The Labute approximate surface area is 175 Å². The lowest BCUT2D eigenvalue weighted by Gasteiger charge is -2.28. The lowest BCUT2D eigenvalue weighted by molar-refractivity contribution is -0.142. The van der Waals surface area contributed by atoms with Crippen molar-refractivity contribution in [1.82, 2.24) is 16.0 Å². The number of rotatable bonds is 12. The summed E-state index contributed by atoms with van der Waals surface area (Å²) in [6.07, 6.45) is 5.21. The van der Waals surface area contributed by atoms with E-state index < -0.39 is 47.7 Å². The first-order chi connectivity index (χ1) is 14.1. The van der Waals surface area contributed by atoms with Gasteiger partial charge in [-0.1, -0.05) is 32.1 Å². The van der Waals surface area contributed by atoms with Gasteiger partial charge < -0.3 is 32.5 Å². The summed E-state index contributed by atoms with van der Waals surface area (Å²) in [5.41, 5.74) is 10.5. The average Bonchev–Trinajstić information content (AvgIpc) is 2.68. The van der Waals surface area contributed by atoms with Gasteiger partial charge >= 0.3 is 5.97 Å². The van der Waals surface area contributed by atoms with Crippen LogP contribution in [0.1, 0.15) is 58.3 Å². The van der Waals surface area contributed by atoms with E-state index in [1.54, 1.807) is 0 Å². The van der Waals surface area contributed by atoms with Gasteiger partial charge in [0.2, 0.25) is 23.6 Å². The summed E-state index contributed by atoms with van der Waals surface area (Å²) in [4.78, 5) is 59.2. The SMILES string of the molecule is CC(=O)N[C@@H](CCC(N)=O)C(=O)N[C@@H](CC1CCCCC1)C(=O)N[C@@H](CN)C(=O)O. The maximum Gasteiger partial charge on any atom is 0.327 e. The fraction of sp³-hybridized carbons (Fsp3) is 0.737. The molecule has 4 amide bonds. The van der Waals surface area contributed by atoms with E-state index in [-0.39, 0.29) is 25.3 Å².